The number of carbonyl (C=O) groups is 1. The summed E-state index contributed by atoms with van der Waals surface area (Å²) < 4.78 is 19.7. The molecule has 0 radical (unpaired) electrons. The summed E-state index contributed by atoms with van der Waals surface area (Å²) >= 11 is 0. The largest absolute Gasteiger partial charge is 0.489 e. The summed E-state index contributed by atoms with van der Waals surface area (Å²) in [5, 5.41) is 8.33. The number of ether oxygens (including phenoxy) is 3. The monoisotopic (exact) mass is 542 g/mol. The molecule has 0 bridgehead atoms. The van der Waals surface area contributed by atoms with Crippen LogP contribution in [0.3, 0.4) is 0 Å². The van der Waals surface area contributed by atoms with Gasteiger partial charge >= 0.3 is 0 Å². The minimum Gasteiger partial charge on any atom is -0.489 e. The average molecular weight is 543 g/mol. The van der Waals surface area contributed by atoms with Crippen molar-refractivity contribution in [2.45, 2.75) is 26.5 Å². The van der Waals surface area contributed by atoms with E-state index < -0.39 is 5.97 Å². The van der Waals surface area contributed by atoms with Gasteiger partial charge in [0.15, 0.2) is 11.5 Å². The van der Waals surface area contributed by atoms with Crippen molar-refractivity contribution >= 4 is 27.9 Å². The van der Waals surface area contributed by atoms with E-state index in [1.54, 1.807) is 12.1 Å². The highest BCUT2D eigenvalue weighted by molar-refractivity contribution is 5.97. The number of rotatable bonds is 7. The first-order valence-electron chi connectivity index (χ1n) is 13.0. The van der Waals surface area contributed by atoms with E-state index in [0.717, 1.165) is 41.1 Å². The highest BCUT2D eigenvalue weighted by atomic mass is 16.6. The molecule has 10 heteroatoms. The van der Waals surface area contributed by atoms with E-state index in [9.17, 15) is 4.79 Å². The predicted molar refractivity (Wildman–Crippen MR) is 152 cm³/mol. The van der Waals surface area contributed by atoms with Gasteiger partial charge in [0.05, 0.1) is 11.0 Å². The number of aromatic nitrogens is 3. The van der Waals surface area contributed by atoms with Crippen molar-refractivity contribution in [3.05, 3.63) is 82.8 Å². The molecule has 10 nitrogen and oxygen atoms in total. The molecule has 0 saturated heterocycles. The molecular formula is C30H30N4O6. The number of aromatic amines is 1. The van der Waals surface area contributed by atoms with Gasteiger partial charge in [0.2, 0.25) is 0 Å². The molecule has 0 unspecified atom stereocenters. The summed E-state index contributed by atoms with van der Waals surface area (Å²) in [4.78, 5) is 29.9. The van der Waals surface area contributed by atoms with Gasteiger partial charge in [0.1, 0.15) is 36.8 Å². The normalized spacial score (nSPS) is 12.2. The van der Waals surface area contributed by atoms with Crippen molar-refractivity contribution in [2.75, 3.05) is 19.8 Å². The van der Waals surface area contributed by atoms with Gasteiger partial charge in [-0.15, -0.1) is 0 Å². The van der Waals surface area contributed by atoms with Crippen LogP contribution in [0.15, 0.2) is 71.7 Å². The Bertz CT molecular complexity index is 1710. The number of aliphatic carboxylic acids is 1. The van der Waals surface area contributed by atoms with Crippen LogP contribution in [-0.2, 0) is 17.9 Å². The van der Waals surface area contributed by atoms with E-state index in [4.69, 9.17) is 34.8 Å². The number of hydrogen-bond donors (Lipinski definition) is 3. The number of nitrogens with one attached hydrogen (secondary N) is 1. The Morgan fingerprint density at radius 1 is 1.12 bits per heavy atom. The lowest BCUT2D eigenvalue weighted by atomic mass is 10.1. The maximum Gasteiger partial charge on any atom is 0.300 e. The van der Waals surface area contributed by atoms with Crippen LogP contribution in [0.4, 0.5) is 0 Å². The number of benzene rings is 3. The fourth-order valence-corrected chi connectivity index (χ4v) is 4.58. The van der Waals surface area contributed by atoms with Crippen LogP contribution in [0.5, 0.6) is 17.2 Å². The fourth-order valence-electron chi connectivity index (χ4n) is 4.58. The molecule has 5 aromatic rings. The van der Waals surface area contributed by atoms with Crippen LogP contribution in [-0.4, -0.2) is 45.4 Å². The van der Waals surface area contributed by atoms with Gasteiger partial charge in [-0.1, -0.05) is 30.3 Å². The second-order valence-electron chi connectivity index (χ2n) is 9.25. The molecule has 3 aromatic carbocycles. The molecule has 0 amide bonds. The van der Waals surface area contributed by atoms with Gasteiger partial charge in [-0.2, -0.15) is 0 Å². The molecule has 40 heavy (non-hydrogen) atoms. The zero-order valence-electron chi connectivity index (χ0n) is 22.1. The maximum atomic E-state index is 13.2. The van der Waals surface area contributed by atoms with Crippen molar-refractivity contribution in [1.82, 2.24) is 14.5 Å². The lowest BCUT2D eigenvalue weighted by molar-refractivity contribution is -0.134. The van der Waals surface area contributed by atoms with Crippen molar-refractivity contribution in [3.63, 3.8) is 0 Å². The third-order valence-electron chi connectivity index (χ3n) is 6.33. The molecule has 206 valence electrons. The first-order valence-corrected chi connectivity index (χ1v) is 13.0. The van der Waals surface area contributed by atoms with E-state index in [-0.39, 0.29) is 5.56 Å². The molecular weight excluding hydrogens is 512 g/mol. The average Bonchev–Trinajstić information content (AvgIpc) is 3.32. The van der Waals surface area contributed by atoms with Crippen LogP contribution in [0, 0.1) is 0 Å². The maximum absolute atomic E-state index is 13.2. The summed E-state index contributed by atoms with van der Waals surface area (Å²) in [5.41, 5.74) is 9.85. The quantitative estimate of drug-likeness (QED) is 0.276. The smallest absolute Gasteiger partial charge is 0.300 e. The third-order valence-corrected chi connectivity index (χ3v) is 6.33. The number of carboxylic acids is 1. The van der Waals surface area contributed by atoms with Gasteiger partial charge in [-0.05, 0) is 42.8 Å². The number of hydrogen-bond acceptors (Lipinski definition) is 7. The molecule has 1 aliphatic heterocycles. The molecule has 6 rings (SSSR count). The fraction of sp³-hybridized carbons (Fsp3) is 0.233. The van der Waals surface area contributed by atoms with Gasteiger partial charge < -0.3 is 34.6 Å². The van der Waals surface area contributed by atoms with E-state index >= 15 is 0 Å². The Hall–Kier alpha value is -4.83. The first-order chi connectivity index (χ1) is 19.4. The van der Waals surface area contributed by atoms with E-state index in [1.807, 2.05) is 54.7 Å². The Balaban J connectivity index is 0.000000758. The van der Waals surface area contributed by atoms with Gasteiger partial charge in [0, 0.05) is 36.7 Å². The topological polar surface area (TPSA) is 142 Å². The van der Waals surface area contributed by atoms with Crippen molar-refractivity contribution in [3.8, 4) is 28.5 Å². The zero-order chi connectivity index (χ0) is 28.1. The SMILES string of the molecule is CC(=O)O.NCCCn1cc(-c2nc3c4c(ccc3[nH]c2=O)OCCO4)c2ccc(OCc3ccccc3)cc21. The molecule has 0 saturated carbocycles. The van der Waals surface area contributed by atoms with Gasteiger partial charge in [0.25, 0.3) is 11.5 Å². The van der Waals surface area contributed by atoms with Crippen LogP contribution in [0.2, 0.25) is 0 Å². The van der Waals surface area contributed by atoms with Crippen LogP contribution in [0.1, 0.15) is 18.9 Å². The second kappa shape index (κ2) is 11.9. The number of aryl methyl sites for hydroxylation is 1. The van der Waals surface area contributed by atoms with Crippen molar-refractivity contribution in [1.29, 1.82) is 0 Å². The standard InChI is InChI=1S/C28H26N4O4.C2H4O2/c29-11-4-12-32-16-21(20-8-7-19(15-23(20)32)36-17-18-5-2-1-3-6-18)25-28(33)30-22-9-10-24-27(26(22)31-25)35-14-13-34-24;1-2(3)4/h1-3,5-10,15-16H,4,11-14,17,29H2,(H,30,33);1H3,(H,3,4). The van der Waals surface area contributed by atoms with Crippen LogP contribution >= 0.6 is 0 Å². The summed E-state index contributed by atoms with van der Waals surface area (Å²) in [5.74, 6) is 1.11. The number of fused-ring (bicyclic) bond motifs is 4. The van der Waals surface area contributed by atoms with Crippen LogP contribution < -0.4 is 25.5 Å². The highest BCUT2D eigenvalue weighted by Crippen LogP contribution is 2.37. The molecule has 0 fully saturated rings. The van der Waals surface area contributed by atoms with E-state index in [0.29, 0.717) is 61.1 Å². The Kier molecular flexibility index (Phi) is 7.97. The van der Waals surface area contributed by atoms with Crippen LogP contribution in [0.25, 0.3) is 33.2 Å². The molecule has 4 N–H and O–H groups in total. The van der Waals surface area contributed by atoms with Crippen molar-refractivity contribution in [2.24, 2.45) is 5.73 Å². The van der Waals surface area contributed by atoms with Gasteiger partial charge in [-0.3, -0.25) is 9.59 Å². The van der Waals surface area contributed by atoms with E-state index in [1.165, 1.54) is 0 Å². The summed E-state index contributed by atoms with van der Waals surface area (Å²) in [6.07, 6.45) is 2.77. The number of carboxylic acid groups (broad SMARTS) is 1. The molecule has 0 aliphatic carbocycles. The number of nitrogens with two attached hydrogens (primary N) is 1. The Morgan fingerprint density at radius 2 is 1.90 bits per heavy atom. The summed E-state index contributed by atoms with van der Waals surface area (Å²) in [6, 6.07) is 19.5. The summed E-state index contributed by atoms with van der Waals surface area (Å²) in [6.45, 7) is 3.76. The third kappa shape index (κ3) is 5.76. The number of H-pyrrole nitrogens is 1. The number of nitrogens with zero attached hydrogens (tertiary/aromatic N) is 2. The second-order valence-corrected chi connectivity index (χ2v) is 9.25. The lowest BCUT2D eigenvalue weighted by Gasteiger charge is -2.19. The molecule has 2 aromatic heterocycles. The molecule has 1 aliphatic rings. The minimum atomic E-state index is -0.833. The predicted octanol–water partition coefficient (Wildman–Crippen LogP) is 4.33. The molecule has 0 atom stereocenters. The van der Waals surface area contributed by atoms with Gasteiger partial charge in [-0.25, -0.2) is 4.98 Å². The Morgan fingerprint density at radius 3 is 2.67 bits per heavy atom. The lowest BCUT2D eigenvalue weighted by Crippen LogP contribution is -2.17. The molecule has 0 spiro atoms. The summed E-state index contributed by atoms with van der Waals surface area (Å²) in [7, 11) is 0. The van der Waals surface area contributed by atoms with E-state index in [2.05, 4.69) is 9.55 Å². The first kappa shape index (κ1) is 26.8. The zero-order valence-corrected chi connectivity index (χ0v) is 22.1. The Labute approximate surface area is 229 Å². The highest BCUT2D eigenvalue weighted by Gasteiger charge is 2.21. The molecule has 3 heterocycles. The van der Waals surface area contributed by atoms with Crippen molar-refractivity contribution < 1.29 is 24.1 Å². The minimum absolute atomic E-state index is 0.263.